The molecule has 0 saturated heterocycles. The molecule has 0 N–H and O–H groups in total. The van der Waals surface area contributed by atoms with E-state index in [1.807, 2.05) is 0 Å². The molecule has 0 aliphatic rings. The molecule has 1 aromatic rings. The summed E-state index contributed by atoms with van der Waals surface area (Å²) in [7, 11) is 0. The summed E-state index contributed by atoms with van der Waals surface area (Å²) in [5.74, 6) is -19.1. The van der Waals surface area contributed by atoms with Gasteiger partial charge in [-0.15, -0.1) is 0 Å². The lowest BCUT2D eigenvalue weighted by Gasteiger charge is -2.34. The third-order valence-corrected chi connectivity index (χ3v) is 2.83. The highest BCUT2D eigenvalue weighted by atomic mass is 19.4. The molecule has 0 bridgehead atoms. The molecule has 1 rings (SSSR count). The van der Waals surface area contributed by atoms with Crippen LogP contribution in [0.3, 0.4) is 0 Å². The second-order valence-electron chi connectivity index (χ2n) is 4.50. The SMILES string of the molecule is C=C(CC(F)(F)C(F)(F)C(F)(F)C(F)(F)F)c1ccccc1. The lowest BCUT2D eigenvalue weighted by molar-refractivity contribution is -0.395. The summed E-state index contributed by atoms with van der Waals surface area (Å²) in [5, 5.41) is 0. The van der Waals surface area contributed by atoms with Crippen molar-refractivity contribution in [3.63, 3.8) is 0 Å². The lowest BCUT2D eigenvalue weighted by atomic mass is 9.94. The second kappa shape index (κ2) is 5.51. The minimum atomic E-state index is -6.87. The minimum Gasteiger partial charge on any atom is -0.199 e. The van der Waals surface area contributed by atoms with Crippen molar-refractivity contribution in [1.29, 1.82) is 0 Å². The van der Waals surface area contributed by atoms with E-state index >= 15 is 0 Å². The van der Waals surface area contributed by atoms with E-state index in [1.54, 1.807) is 0 Å². The Kier molecular flexibility index (Phi) is 4.60. The van der Waals surface area contributed by atoms with Gasteiger partial charge in [-0.3, -0.25) is 0 Å². The van der Waals surface area contributed by atoms with E-state index in [0.29, 0.717) is 0 Å². The van der Waals surface area contributed by atoms with Crippen molar-refractivity contribution in [1.82, 2.24) is 0 Å². The smallest absolute Gasteiger partial charge is 0.199 e. The van der Waals surface area contributed by atoms with Crippen LogP contribution in [0.2, 0.25) is 0 Å². The maximum absolute atomic E-state index is 13.4. The minimum absolute atomic E-state index is 0.0756. The molecule has 0 unspecified atom stereocenters. The van der Waals surface area contributed by atoms with Crippen molar-refractivity contribution >= 4 is 5.57 Å². The molecule has 0 radical (unpaired) electrons. The van der Waals surface area contributed by atoms with Gasteiger partial charge in [0.15, 0.2) is 0 Å². The van der Waals surface area contributed by atoms with E-state index in [-0.39, 0.29) is 5.56 Å². The van der Waals surface area contributed by atoms with Crippen molar-refractivity contribution in [3.05, 3.63) is 42.5 Å². The summed E-state index contributed by atoms with van der Waals surface area (Å²) in [6.07, 6.45) is -8.86. The summed E-state index contributed by atoms with van der Waals surface area (Å²) >= 11 is 0. The Labute approximate surface area is 119 Å². The van der Waals surface area contributed by atoms with Crippen LogP contribution in [-0.2, 0) is 0 Å². The van der Waals surface area contributed by atoms with Gasteiger partial charge in [-0.2, -0.15) is 39.5 Å². The highest BCUT2D eigenvalue weighted by Gasteiger charge is 2.81. The molecule has 1 aromatic carbocycles. The topological polar surface area (TPSA) is 0 Å². The first-order chi connectivity index (χ1) is 9.74. The maximum Gasteiger partial charge on any atom is 0.460 e. The van der Waals surface area contributed by atoms with Crippen LogP contribution in [-0.4, -0.2) is 23.9 Å². The lowest BCUT2D eigenvalue weighted by Crippen LogP contribution is -2.60. The van der Waals surface area contributed by atoms with Gasteiger partial charge in [0.05, 0.1) is 0 Å². The van der Waals surface area contributed by atoms with Crippen LogP contribution in [0.15, 0.2) is 36.9 Å². The third kappa shape index (κ3) is 3.07. The standard InChI is InChI=1S/C13H9F9/c1-8(9-5-3-2-4-6-9)7-10(14,15)11(16,17)12(18,19)13(20,21)22/h2-6H,1,7H2. The Hall–Kier alpha value is -1.67. The monoisotopic (exact) mass is 336 g/mol. The summed E-state index contributed by atoms with van der Waals surface area (Å²) < 4.78 is 114. The quantitative estimate of drug-likeness (QED) is 0.618. The predicted molar refractivity (Wildman–Crippen MR) is 61.0 cm³/mol. The van der Waals surface area contributed by atoms with Gasteiger partial charge in [-0.05, 0) is 11.1 Å². The van der Waals surface area contributed by atoms with Crippen LogP contribution in [0.4, 0.5) is 39.5 Å². The van der Waals surface area contributed by atoms with Crippen LogP contribution in [0.25, 0.3) is 5.57 Å². The fraction of sp³-hybridized carbons (Fsp3) is 0.385. The number of halogens is 9. The Balaban J connectivity index is 3.10. The van der Waals surface area contributed by atoms with Crippen molar-refractivity contribution < 1.29 is 39.5 Å². The summed E-state index contributed by atoms with van der Waals surface area (Å²) in [6.45, 7) is 3.03. The molecule has 0 heterocycles. The van der Waals surface area contributed by atoms with Gasteiger partial charge < -0.3 is 0 Å². The number of rotatable bonds is 5. The van der Waals surface area contributed by atoms with Gasteiger partial charge in [0.2, 0.25) is 0 Å². The van der Waals surface area contributed by atoms with Crippen LogP contribution < -0.4 is 0 Å². The molecule has 22 heavy (non-hydrogen) atoms. The van der Waals surface area contributed by atoms with Crippen molar-refractivity contribution in [3.8, 4) is 0 Å². The molecule has 0 atom stereocenters. The highest BCUT2D eigenvalue weighted by molar-refractivity contribution is 5.64. The molecule has 9 heteroatoms. The predicted octanol–water partition coefficient (Wildman–Crippen LogP) is 5.56. The first kappa shape index (κ1) is 18.4. The molecule has 0 spiro atoms. The molecular formula is C13H9F9. The van der Waals surface area contributed by atoms with Gasteiger partial charge >= 0.3 is 23.9 Å². The molecule has 0 saturated carbocycles. The number of alkyl halides is 9. The summed E-state index contributed by atoms with van der Waals surface area (Å²) in [5.41, 5.74) is -0.767. The first-order valence-electron chi connectivity index (χ1n) is 5.67. The van der Waals surface area contributed by atoms with Crippen molar-refractivity contribution in [2.75, 3.05) is 0 Å². The number of benzene rings is 1. The maximum atomic E-state index is 13.4. The molecular weight excluding hydrogens is 327 g/mol. The fourth-order valence-electron chi connectivity index (χ4n) is 1.56. The van der Waals surface area contributed by atoms with Gasteiger partial charge in [0, 0.05) is 6.42 Å². The Morgan fingerprint density at radius 3 is 1.64 bits per heavy atom. The Bertz CT molecular complexity index is 528. The van der Waals surface area contributed by atoms with E-state index in [0.717, 1.165) is 0 Å². The molecule has 0 nitrogen and oxygen atoms in total. The molecule has 0 fully saturated rings. The summed E-state index contributed by atoms with van der Waals surface area (Å²) in [6, 6.07) is 6.49. The largest absolute Gasteiger partial charge is 0.460 e. The zero-order valence-electron chi connectivity index (χ0n) is 10.7. The number of allylic oxidation sites excluding steroid dienone is 1. The zero-order valence-corrected chi connectivity index (χ0v) is 10.7. The number of hydrogen-bond donors (Lipinski definition) is 0. The van der Waals surface area contributed by atoms with Gasteiger partial charge in [0.1, 0.15) is 0 Å². The summed E-state index contributed by atoms with van der Waals surface area (Å²) in [4.78, 5) is 0. The molecule has 0 aliphatic heterocycles. The average molecular weight is 336 g/mol. The average Bonchev–Trinajstić information content (AvgIpc) is 2.37. The van der Waals surface area contributed by atoms with Crippen LogP contribution >= 0.6 is 0 Å². The zero-order chi connectivity index (χ0) is 17.4. The molecule has 0 aromatic heterocycles. The molecule has 124 valence electrons. The van der Waals surface area contributed by atoms with Crippen LogP contribution in [0.1, 0.15) is 12.0 Å². The highest BCUT2D eigenvalue weighted by Crippen LogP contribution is 2.54. The normalized spacial score (nSPS) is 14.0. The van der Waals surface area contributed by atoms with Crippen LogP contribution in [0, 0.1) is 0 Å². The van der Waals surface area contributed by atoms with Crippen molar-refractivity contribution in [2.24, 2.45) is 0 Å². The Morgan fingerprint density at radius 2 is 1.23 bits per heavy atom. The fourth-order valence-corrected chi connectivity index (χ4v) is 1.56. The third-order valence-electron chi connectivity index (χ3n) is 2.83. The van der Waals surface area contributed by atoms with Gasteiger partial charge in [-0.1, -0.05) is 36.9 Å². The Morgan fingerprint density at radius 1 is 0.773 bits per heavy atom. The molecule has 0 amide bonds. The van der Waals surface area contributed by atoms with E-state index in [9.17, 15) is 39.5 Å². The van der Waals surface area contributed by atoms with Crippen LogP contribution in [0.5, 0.6) is 0 Å². The van der Waals surface area contributed by atoms with E-state index in [4.69, 9.17) is 0 Å². The van der Waals surface area contributed by atoms with E-state index in [2.05, 4.69) is 6.58 Å². The van der Waals surface area contributed by atoms with Gasteiger partial charge in [0.25, 0.3) is 0 Å². The number of hydrogen-bond acceptors (Lipinski definition) is 0. The van der Waals surface area contributed by atoms with E-state index in [1.165, 1.54) is 30.3 Å². The first-order valence-corrected chi connectivity index (χ1v) is 5.67. The van der Waals surface area contributed by atoms with E-state index < -0.39 is 35.9 Å². The second-order valence-corrected chi connectivity index (χ2v) is 4.50. The molecule has 0 aliphatic carbocycles. The van der Waals surface area contributed by atoms with Crippen molar-refractivity contribution in [2.45, 2.75) is 30.4 Å². The van der Waals surface area contributed by atoms with Gasteiger partial charge in [-0.25, -0.2) is 0 Å².